The molecule has 1 aliphatic rings. The number of benzene rings is 1. The number of hydrogen-bond acceptors (Lipinski definition) is 5. The van der Waals surface area contributed by atoms with Crippen LogP contribution in [0, 0.1) is 0 Å². The van der Waals surface area contributed by atoms with Gasteiger partial charge in [-0.05, 0) is 12.0 Å². The van der Waals surface area contributed by atoms with E-state index >= 15 is 0 Å². The zero-order chi connectivity index (χ0) is 16.1. The molecule has 0 spiro atoms. The molecule has 0 radical (unpaired) electrons. The summed E-state index contributed by atoms with van der Waals surface area (Å²) in [4.78, 5) is 6.72. The van der Waals surface area contributed by atoms with Crippen LogP contribution in [0.1, 0.15) is 42.8 Å². The van der Waals surface area contributed by atoms with E-state index in [9.17, 15) is 5.11 Å². The van der Waals surface area contributed by atoms with E-state index in [2.05, 4.69) is 27.0 Å². The van der Waals surface area contributed by atoms with Crippen molar-refractivity contribution >= 4 is 0 Å². The zero-order valence-electron chi connectivity index (χ0n) is 13.5. The summed E-state index contributed by atoms with van der Waals surface area (Å²) >= 11 is 0. The molecule has 0 bridgehead atoms. The Morgan fingerprint density at radius 1 is 1.39 bits per heavy atom. The molecule has 3 rings (SSSR count). The molecule has 0 unspecified atom stereocenters. The predicted molar refractivity (Wildman–Crippen MR) is 86.9 cm³/mol. The summed E-state index contributed by atoms with van der Waals surface area (Å²) in [6, 6.07) is 9.76. The van der Waals surface area contributed by atoms with Gasteiger partial charge in [0.05, 0.1) is 12.7 Å². The Balaban J connectivity index is 1.59. The molecule has 1 aliphatic heterocycles. The molecule has 0 saturated carbocycles. The summed E-state index contributed by atoms with van der Waals surface area (Å²) in [6.45, 7) is 4.85. The molecule has 124 valence electrons. The van der Waals surface area contributed by atoms with Crippen LogP contribution >= 0.6 is 0 Å². The largest absolute Gasteiger partial charge is 0.387 e. The first-order chi connectivity index (χ1) is 11.3. The maximum atomic E-state index is 10.4. The minimum atomic E-state index is -0.488. The van der Waals surface area contributed by atoms with E-state index in [1.807, 2.05) is 30.3 Å². The minimum absolute atomic E-state index is 0.131. The fourth-order valence-corrected chi connectivity index (χ4v) is 2.85. The van der Waals surface area contributed by atoms with Crippen LogP contribution in [0.15, 0.2) is 30.3 Å². The molecule has 2 N–H and O–H groups in total. The van der Waals surface area contributed by atoms with Crippen LogP contribution in [0.2, 0.25) is 0 Å². The van der Waals surface area contributed by atoms with Crippen molar-refractivity contribution in [3.8, 4) is 0 Å². The highest BCUT2D eigenvalue weighted by atomic mass is 16.5. The second-order valence-electron chi connectivity index (χ2n) is 5.94. The zero-order valence-corrected chi connectivity index (χ0v) is 13.5. The number of ether oxygens (including phenoxy) is 1. The molecule has 2 atom stereocenters. The molecular formula is C17H24N4O2. The number of nitrogens with one attached hydrogen (secondary N) is 1. The molecule has 1 aromatic heterocycles. The van der Waals surface area contributed by atoms with E-state index in [1.54, 1.807) is 0 Å². The first-order valence-corrected chi connectivity index (χ1v) is 8.24. The minimum Gasteiger partial charge on any atom is -0.387 e. The van der Waals surface area contributed by atoms with Gasteiger partial charge in [0.25, 0.3) is 0 Å². The van der Waals surface area contributed by atoms with Crippen molar-refractivity contribution in [3.05, 3.63) is 47.5 Å². The smallest absolute Gasteiger partial charge is 0.180 e. The van der Waals surface area contributed by atoms with Crippen LogP contribution in [0.25, 0.3) is 0 Å². The van der Waals surface area contributed by atoms with Crippen molar-refractivity contribution < 1.29 is 9.84 Å². The van der Waals surface area contributed by atoms with Crippen LogP contribution in [0.5, 0.6) is 0 Å². The van der Waals surface area contributed by atoms with Gasteiger partial charge in [0, 0.05) is 26.1 Å². The Kier molecular flexibility index (Phi) is 5.38. The van der Waals surface area contributed by atoms with Crippen LogP contribution in [-0.4, -0.2) is 51.4 Å². The quantitative estimate of drug-likeness (QED) is 0.851. The maximum absolute atomic E-state index is 10.4. The molecule has 1 aromatic carbocycles. The van der Waals surface area contributed by atoms with Crippen molar-refractivity contribution in [2.75, 3.05) is 26.2 Å². The number of β-amino-alcohol motifs (C(OH)–C–C–N with tert-alkyl or cyclic N) is 1. The summed E-state index contributed by atoms with van der Waals surface area (Å²) in [5, 5.41) is 17.6. The van der Waals surface area contributed by atoms with Crippen LogP contribution in [-0.2, 0) is 11.2 Å². The van der Waals surface area contributed by atoms with Crippen molar-refractivity contribution in [1.29, 1.82) is 0 Å². The SMILES string of the molecule is CCCc1nc([C@@H]2CN(C[C@H](O)c3ccccc3)CCO2)n[nH]1. The monoisotopic (exact) mass is 316 g/mol. The molecule has 23 heavy (non-hydrogen) atoms. The second kappa shape index (κ2) is 7.68. The Morgan fingerprint density at radius 3 is 3.00 bits per heavy atom. The van der Waals surface area contributed by atoms with Gasteiger partial charge in [-0.2, -0.15) is 5.10 Å². The Morgan fingerprint density at radius 2 is 2.22 bits per heavy atom. The highest BCUT2D eigenvalue weighted by molar-refractivity contribution is 5.17. The third-order valence-electron chi connectivity index (χ3n) is 4.09. The number of nitrogens with zero attached hydrogens (tertiary/aromatic N) is 3. The summed E-state index contributed by atoms with van der Waals surface area (Å²) in [6.07, 6.45) is 1.32. The van der Waals surface area contributed by atoms with Gasteiger partial charge in [0.15, 0.2) is 5.82 Å². The lowest BCUT2D eigenvalue weighted by atomic mass is 10.1. The number of H-pyrrole nitrogens is 1. The topological polar surface area (TPSA) is 74.3 Å². The highest BCUT2D eigenvalue weighted by Crippen LogP contribution is 2.22. The van der Waals surface area contributed by atoms with Gasteiger partial charge in [-0.1, -0.05) is 37.3 Å². The van der Waals surface area contributed by atoms with Crippen molar-refractivity contribution in [3.63, 3.8) is 0 Å². The standard InChI is InChI=1S/C17H24N4O2/c1-2-6-16-18-17(20-19-16)15-12-21(9-10-23-15)11-14(22)13-7-4-3-5-8-13/h3-5,7-8,14-15,22H,2,6,9-12H2,1H3,(H,18,19,20)/t14-,15-/m0/s1. The van der Waals surface area contributed by atoms with Crippen molar-refractivity contribution in [2.45, 2.75) is 32.0 Å². The van der Waals surface area contributed by atoms with Crippen molar-refractivity contribution in [2.24, 2.45) is 0 Å². The number of aromatic amines is 1. The predicted octanol–water partition coefficient (Wildman–Crippen LogP) is 1.86. The van der Waals surface area contributed by atoms with Crippen LogP contribution < -0.4 is 0 Å². The number of aliphatic hydroxyl groups is 1. The lowest BCUT2D eigenvalue weighted by molar-refractivity contribution is -0.0461. The Hall–Kier alpha value is -1.76. The van der Waals surface area contributed by atoms with E-state index in [0.29, 0.717) is 25.5 Å². The van der Waals surface area contributed by atoms with E-state index in [-0.39, 0.29) is 6.10 Å². The van der Waals surface area contributed by atoms with E-state index in [1.165, 1.54) is 0 Å². The molecule has 1 saturated heterocycles. The van der Waals surface area contributed by atoms with Gasteiger partial charge >= 0.3 is 0 Å². The third kappa shape index (κ3) is 4.16. The molecule has 6 heteroatoms. The van der Waals surface area contributed by atoms with E-state index < -0.39 is 6.10 Å². The molecule has 6 nitrogen and oxygen atoms in total. The highest BCUT2D eigenvalue weighted by Gasteiger charge is 2.26. The lowest BCUT2D eigenvalue weighted by Crippen LogP contribution is -2.40. The Labute approximate surface area is 136 Å². The number of aryl methyl sites for hydroxylation is 1. The molecule has 2 aromatic rings. The molecule has 0 amide bonds. The van der Waals surface area contributed by atoms with Crippen LogP contribution in [0.4, 0.5) is 0 Å². The van der Waals surface area contributed by atoms with Gasteiger partial charge in [-0.3, -0.25) is 10.00 Å². The third-order valence-corrected chi connectivity index (χ3v) is 4.09. The fourth-order valence-electron chi connectivity index (χ4n) is 2.85. The summed E-state index contributed by atoms with van der Waals surface area (Å²) in [7, 11) is 0. The normalized spacial score (nSPS) is 20.5. The average Bonchev–Trinajstić information content (AvgIpc) is 3.05. The molecule has 1 fully saturated rings. The molecular weight excluding hydrogens is 292 g/mol. The van der Waals surface area contributed by atoms with Gasteiger partial charge in [0.1, 0.15) is 11.9 Å². The van der Waals surface area contributed by atoms with Gasteiger partial charge in [0.2, 0.25) is 0 Å². The summed E-state index contributed by atoms with van der Waals surface area (Å²) in [5.41, 5.74) is 0.943. The number of aromatic nitrogens is 3. The van der Waals surface area contributed by atoms with Gasteiger partial charge in [-0.15, -0.1) is 0 Å². The second-order valence-corrected chi connectivity index (χ2v) is 5.94. The van der Waals surface area contributed by atoms with Gasteiger partial charge < -0.3 is 9.84 Å². The number of hydrogen-bond donors (Lipinski definition) is 2. The summed E-state index contributed by atoms with van der Waals surface area (Å²) in [5.74, 6) is 1.62. The van der Waals surface area contributed by atoms with Gasteiger partial charge in [-0.25, -0.2) is 4.98 Å². The molecule has 0 aliphatic carbocycles. The fraction of sp³-hybridized carbons (Fsp3) is 0.529. The van der Waals surface area contributed by atoms with Crippen LogP contribution in [0.3, 0.4) is 0 Å². The number of rotatable bonds is 6. The molecule has 2 heterocycles. The van der Waals surface area contributed by atoms with E-state index in [4.69, 9.17) is 4.74 Å². The maximum Gasteiger partial charge on any atom is 0.180 e. The number of morpholine rings is 1. The Bertz CT molecular complexity index is 602. The first kappa shape index (κ1) is 16.1. The average molecular weight is 316 g/mol. The summed E-state index contributed by atoms with van der Waals surface area (Å²) < 4.78 is 5.80. The lowest BCUT2D eigenvalue weighted by Gasteiger charge is -2.32. The van der Waals surface area contributed by atoms with Crippen molar-refractivity contribution in [1.82, 2.24) is 20.1 Å². The van der Waals surface area contributed by atoms with E-state index in [0.717, 1.165) is 30.8 Å². The first-order valence-electron chi connectivity index (χ1n) is 8.24. The number of aliphatic hydroxyl groups excluding tert-OH is 1.